The monoisotopic (exact) mass is 282 g/mol. The maximum atomic E-state index is 12.5. The van der Waals surface area contributed by atoms with Crippen LogP contribution in [0.1, 0.15) is 26.7 Å². The van der Waals surface area contributed by atoms with Crippen molar-refractivity contribution in [2.24, 2.45) is 5.92 Å². The zero-order chi connectivity index (χ0) is 14.0. The zero-order valence-corrected chi connectivity index (χ0v) is 11.9. The van der Waals surface area contributed by atoms with E-state index in [1.165, 1.54) is 0 Å². The fourth-order valence-electron chi connectivity index (χ4n) is 2.35. The lowest BCUT2D eigenvalue weighted by Crippen LogP contribution is -2.31. The molecule has 1 aliphatic heterocycles. The summed E-state index contributed by atoms with van der Waals surface area (Å²) in [5, 5.41) is -0.759. The van der Waals surface area contributed by atoms with Crippen LogP contribution < -0.4 is 0 Å². The first-order valence-electron chi connectivity index (χ1n) is 6.39. The van der Waals surface area contributed by atoms with Crippen molar-refractivity contribution in [1.29, 1.82) is 0 Å². The normalized spacial score (nSPS) is 23.6. The van der Waals surface area contributed by atoms with Gasteiger partial charge >= 0.3 is 5.97 Å². The number of benzene rings is 1. The Labute approximate surface area is 113 Å². The Hall–Kier alpha value is -1.36. The van der Waals surface area contributed by atoms with Crippen LogP contribution in [-0.4, -0.2) is 25.7 Å². The van der Waals surface area contributed by atoms with E-state index in [4.69, 9.17) is 4.74 Å². The molecule has 2 atom stereocenters. The highest BCUT2D eigenvalue weighted by Crippen LogP contribution is 2.31. The van der Waals surface area contributed by atoms with Gasteiger partial charge in [0.05, 0.1) is 11.3 Å². The van der Waals surface area contributed by atoms with Crippen LogP contribution in [0.25, 0.3) is 0 Å². The summed E-state index contributed by atoms with van der Waals surface area (Å²) < 4.78 is 30.3. The molecule has 0 spiro atoms. The minimum atomic E-state index is -3.51. The minimum absolute atomic E-state index is 0.0470. The molecular formula is C14H18O4S. The van der Waals surface area contributed by atoms with Gasteiger partial charge in [0.1, 0.15) is 11.4 Å². The Bertz CT molecular complexity index is 548. The molecule has 1 heterocycles. The fourth-order valence-corrected chi connectivity index (χ4v) is 4.16. The van der Waals surface area contributed by atoms with Crippen molar-refractivity contribution in [1.82, 2.24) is 0 Å². The molecule has 1 saturated heterocycles. The molecule has 0 radical (unpaired) electrons. The maximum absolute atomic E-state index is 12.5. The number of ether oxygens (including phenoxy) is 1. The number of esters is 1. The third-order valence-corrected chi connectivity index (χ3v) is 5.44. The van der Waals surface area contributed by atoms with Gasteiger partial charge in [0, 0.05) is 0 Å². The fraction of sp³-hybridized carbons (Fsp3) is 0.500. The molecule has 2 rings (SSSR count). The van der Waals surface area contributed by atoms with Crippen LogP contribution >= 0.6 is 0 Å². The molecule has 1 fully saturated rings. The van der Waals surface area contributed by atoms with Crippen LogP contribution in [0.15, 0.2) is 35.2 Å². The lowest BCUT2D eigenvalue weighted by molar-refractivity contribution is -0.141. The first kappa shape index (κ1) is 14.1. The summed E-state index contributed by atoms with van der Waals surface area (Å²) in [5.74, 6) is -0.139. The van der Waals surface area contributed by atoms with Gasteiger partial charge in [-0.05, 0) is 24.5 Å². The summed E-state index contributed by atoms with van der Waals surface area (Å²) >= 11 is 0. The van der Waals surface area contributed by atoms with E-state index in [0.717, 1.165) is 0 Å². The summed E-state index contributed by atoms with van der Waals surface area (Å²) in [6.45, 7) is 3.97. The Morgan fingerprint density at radius 1 is 1.26 bits per heavy atom. The van der Waals surface area contributed by atoms with E-state index < -0.39 is 27.2 Å². The van der Waals surface area contributed by atoms with Crippen molar-refractivity contribution in [2.75, 3.05) is 0 Å². The van der Waals surface area contributed by atoms with Gasteiger partial charge in [-0.1, -0.05) is 32.0 Å². The lowest BCUT2D eigenvalue weighted by atomic mass is 10.0. The van der Waals surface area contributed by atoms with E-state index in [1.54, 1.807) is 30.3 Å². The highest BCUT2D eigenvalue weighted by atomic mass is 32.2. The van der Waals surface area contributed by atoms with Gasteiger partial charge in [-0.2, -0.15) is 0 Å². The molecule has 1 aromatic carbocycles. The van der Waals surface area contributed by atoms with Crippen LogP contribution in [0.4, 0.5) is 0 Å². The predicted octanol–water partition coefficient (Wildman–Crippen LogP) is 2.19. The highest BCUT2D eigenvalue weighted by Gasteiger charge is 2.44. The quantitative estimate of drug-likeness (QED) is 0.794. The number of hydrogen-bond donors (Lipinski definition) is 0. The Morgan fingerprint density at radius 2 is 1.89 bits per heavy atom. The van der Waals surface area contributed by atoms with Crippen molar-refractivity contribution in [2.45, 2.75) is 42.9 Å². The molecule has 0 saturated carbocycles. The van der Waals surface area contributed by atoms with Gasteiger partial charge in [0.2, 0.25) is 0 Å². The Kier molecular flexibility index (Phi) is 3.94. The third kappa shape index (κ3) is 2.97. The predicted molar refractivity (Wildman–Crippen MR) is 71.4 cm³/mol. The van der Waals surface area contributed by atoms with Crippen LogP contribution in [0.5, 0.6) is 0 Å². The third-order valence-electron chi connectivity index (χ3n) is 3.24. The van der Waals surface area contributed by atoms with Crippen LogP contribution in [0.2, 0.25) is 0 Å². The van der Waals surface area contributed by atoms with E-state index in [0.29, 0.717) is 6.42 Å². The van der Waals surface area contributed by atoms with Gasteiger partial charge in [0.25, 0.3) is 0 Å². The Balaban J connectivity index is 2.31. The molecule has 0 unspecified atom stereocenters. The average molecular weight is 282 g/mol. The second kappa shape index (κ2) is 5.33. The number of carbonyl (C=O) groups is 1. The van der Waals surface area contributed by atoms with E-state index >= 15 is 0 Å². The van der Waals surface area contributed by atoms with Gasteiger partial charge in [-0.25, -0.2) is 8.42 Å². The van der Waals surface area contributed by atoms with Crippen molar-refractivity contribution < 1.29 is 17.9 Å². The molecule has 1 aromatic rings. The largest absolute Gasteiger partial charge is 0.461 e. The van der Waals surface area contributed by atoms with Crippen molar-refractivity contribution >= 4 is 15.8 Å². The summed E-state index contributed by atoms with van der Waals surface area (Å²) in [5.41, 5.74) is 0. The number of sulfone groups is 1. The topological polar surface area (TPSA) is 60.4 Å². The van der Waals surface area contributed by atoms with Crippen molar-refractivity contribution in [3.63, 3.8) is 0 Å². The summed E-state index contributed by atoms with van der Waals surface area (Å²) in [7, 11) is -3.51. The second-order valence-electron chi connectivity index (χ2n) is 5.26. The lowest BCUT2D eigenvalue weighted by Gasteiger charge is -2.19. The molecule has 0 aromatic heterocycles. The van der Waals surface area contributed by atoms with Gasteiger partial charge in [-0.3, -0.25) is 4.79 Å². The Morgan fingerprint density at radius 3 is 2.47 bits per heavy atom. The summed E-state index contributed by atoms with van der Waals surface area (Å²) in [4.78, 5) is 11.7. The molecule has 0 aliphatic carbocycles. The molecule has 0 N–H and O–H groups in total. The molecule has 104 valence electrons. The number of cyclic esters (lactones) is 1. The van der Waals surface area contributed by atoms with Crippen LogP contribution in [-0.2, 0) is 19.4 Å². The van der Waals surface area contributed by atoms with E-state index in [1.807, 2.05) is 13.8 Å². The van der Waals surface area contributed by atoms with Crippen LogP contribution in [0, 0.1) is 5.92 Å². The average Bonchev–Trinajstić information content (AvgIpc) is 2.71. The first-order chi connectivity index (χ1) is 8.91. The van der Waals surface area contributed by atoms with Gasteiger partial charge in [0.15, 0.2) is 9.84 Å². The molecular weight excluding hydrogens is 264 g/mol. The number of hydrogen-bond acceptors (Lipinski definition) is 4. The van der Waals surface area contributed by atoms with E-state index in [9.17, 15) is 13.2 Å². The minimum Gasteiger partial charge on any atom is -0.461 e. The second-order valence-corrected chi connectivity index (χ2v) is 7.43. The molecule has 19 heavy (non-hydrogen) atoms. The van der Waals surface area contributed by atoms with Gasteiger partial charge < -0.3 is 4.74 Å². The summed E-state index contributed by atoms with van der Waals surface area (Å²) in [6.07, 6.45) is -0.00502. The van der Waals surface area contributed by atoms with Crippen molar-refractivity contribution in [3.8, 4) is 0 Å². The van der Waals surface area contributed by atoms with Crippen molar-refractivity contribution in [3.05, 3.63) is 30.3 Å². The SMILES string of the molecule is CC(C)C[C@H]1OC(=O)C[C@H]1S(=O)(=O)c1ccccc1. The van der Waals surface area contributed by atoms with Gasteiger partial charge in [-0.15, -0.1) is 0 Å². The molecule has 0 bridgehead atoms. The molecule has 5 heteroatoms. The van der Waals surface area contributed by atoms with Crippen LogP contribution in [0.3, 0.4) is 0 Å². The van der Waals surface area contributed by atoms with E-state index in [-0.39, 0.29) is 17.2 Å². The standard InChI is InChI=1S/C14H18O4S/c1-10(2)8-12-13(9-14(15)18-12)19(16,17)11-6-4-3-5-7-11/h3-7,10,12-13H,8-9H2,1-2H3/t12-,13-/m1/s1. The zero-order valence-electron chi connectivity index (χ0n) is 11.1. The smallest absolute Gasteiger partial charge is 0.307 e. The highest BCUT2D eigenvalue weighted by molar-refractivity contribution is 7.92. The molecule has 1 aliphatic rings. The number of carbonyl (C=O) groups excluding carboxylic acids is 1. The summed E-state index contributed by atoms with van der Waals surface area (Å²) in [6, 6.07) is 8.25. The maximum Gasteiger partial charge on any atom is 0.307 e. The molecule has 0 amide bonds. The van der Waals surface area contributed by atoms with E-state index in [2.05, 4.69) is 0 Å². The number of rotatable bonds is 4. The first-order valence-corrected chi connectivity index (χ1v) is 7.94. The molecule has 4 nitrogen and oxygen atoms in total.